The van der Waals surface area contributed by atoms with Crippen molar-refractivity contribution in [3.05, 3.63) is 33.8 Å². The van der Waals surface area contributed by atoms with Crippen molar-refractivity contribution in [1.82, 2.24) is 5.32 Å². The van der Waals surface area contributed by atoms with Gasteiger partial charge in [-0.1, -0.05) is 35.3 Å². The summed E-state index contributed by atoms with van der Waals surface area (Å²) < 4.78 is 4.84. The Labute approximate surface area is 106 Å². The zero-order valence-electron chi connectivity index (χ0n) is 8.37. The van der Waals surface area contributed by atoms with Crippen molar-refractivity contribution in [3.8, 4) is 0 Å². The van der Waals surface area contributed by atoms with Crippen LogP contribution in [0.15, 0.2) is 18.2 Å². The number of carboxylic acids is 1. The minimum Gasteiger partial charge on any atom is -0.478 e. The Morgan fingerprint density at radius 3 is 2.71 bits per heavy atom. The molecule has 1 aliphatic heterocycles. The second-order valence-electron chi connectivity index (χ2n) is 3.48. The van der Waals surface area contributed by atoms with Gasteiger partial charge in [0.2, 0.25) is 0 Å². The van der Waals surface area contributed by atoms with Crippen LogP contribution >= 0.6 is 23.2 Å². The molecule has 1 unspecified atom stereocenters. The molecule has 0 bridgehead atoms. The van der Waals surface area contributed by atoms with E-state index in [1.807, 2.05) is 0 Å². The average molecular weight is 276 g/mol. The molecule has 17 heavy (non-hydrogen) atoms. The number of amides is 1. The summed E-state index contributed by atoms with van der Waals surface area (Å²) >= 11 is 11.7. The van der Waals surface area contributed by atoms with Gasteiger partial charge >= 0.3 is 12.1 Å². The van der Waals surface area contributed by atoms with Gasteiger partial charge in [0, 0.05) is 5.56 Å². The molecule has 0 radical (unpaired) electrons. The number of alkyl carbamates (subject to hydrolysis) is 1. The Bertz CT molecular complexity index is 505. The smallest absolute Gasteiger partial charge is 0.408 e. The molecule has 1 fully saturated rings. The van der Waals surface area contributed by atoms with Gasteiger partial charge in [-0.25, -0.2) is 9.59 Å². The molecule has 1 aromatic carbocycles. The van der Waals surface area contributed by atoms with Crippen molar-refractivity contribution in [3.63, 3.8) is 0 Å². The molecule has 1 amide bonds. The van der Waals surface area contributed by atoms with E-state index >= 15 is 0 Å². The van der Waals surface area contributed by atoms with Crippen LogP contribution in [0.3, 0.4) is 0 Å². The highest BCUT2D eigenvalue weighted by molar-refractivity contribution is 6.42. The number of rotatable bonds is 2. The van der Waals surface area contributed by atoms with Gasteiger partial charge in [0.25, 0.3) is 5.60 Å². The van der Waals surface area contributed by atoms with E-state index in [1.54, 1.807) is 6.07 Å². The van der Waals surface area contributed by atoms with Crippen LogP contribution in [-0.2, 0) is 15.1 Å². The maximum absolute atomic E-state index is 11.3. The second kappa shape index (κ2) is 4.09. The van der Waals surface area contributed by atoms with Crippen molar-refractivity contribution in [2.45, 2.75) is 5.60 Å². The average Bonchev–Trinajstić information content (AvgIpc) is 2.66. The van der Waals surface area contributed by atoms with Gasteiger partial charge < -0.3 is 15.2 Å². The monoisotopic (exact) mass is 275 g/mol. The molecule has 1 aromatic rings. The third-order valence-corrected chi connectivity index (χ3v) is 3.30. The molecule has 0 spiro atoms. The predicted octanol–water partition coefficient (Wildman–Crippen LogP) is 2.01. The number of carboxylic acid groups (broad SMARTS) is 1. The van der Waals surface area contributed by atoms with E-state index in [-0.39, 0.29) is 22.2 Å². The number of nitrogens with one attached hydrogen (secondary N) is 1. The van der Waals surface area contributed by atoms with Gasteiger partial charge in [0.15, 0.2) is 0 Å². The number of cyclic esters (lactones) is 1. The number of benzene rings is 1. The van der Waals surface area contributed by atoms with Crippen LogP contribution in [0.2, 0.25) is 10.0 Å². The molecule has 0 aliphatic carbocycles. The highest BCUT2D eigenvalue weighted by Gasteiger charge is 2.50. The van der Waals surface area contributed by atoms with E-state index < -0.39 is 17.7 Å². The quantitative estimate of drug-likeness (QED) is 0.866. The Morgan fingerprint density at radius 2 is 2.18 bits per heavy atom. The fourth-order valence-corrected chi connectivity index (χ4v) is 2.08. The Kier molecular flexibility index (Phi) is 2.89. The number of aliphatic carboxylic acids is 1. The molecule has 1 heterocycles. The topological polar surface area (TPSA) is 75.6 Å². The first-order valence-electron chi connectivity index (χ1n) is 4.62. The van der Waals surface area contributed by atoms with Crippen LogP contribution in [-0.4, -0.2) is 23.7 Å². The van der Waals surface area contributed by atoms with Crippen molar-refractivity contribution in [2.24, 2.45) is 0 Å². The minimum absolute atomic E-state index is 0.0630. The van der Waals surface area contributed by atoms with E-state index in [0.29, 0.717) is 0 Å². The lowest BCUT2D eigenvalue weighted by Gasteiger charge is -2.23. The normalized spacial score (nSPS) is 23.1. The fraction of sp³-hybridized carbons (Fsp3) is 0.200. The zero-order valence-corrected chi connectivity index (χ0v) is 9.88. The standard InChI is InChI=1S/C10H7Cl2NO4/c11-6-3-1-2-5(7(6)12)10(8(14)15)4-13-9(16)17-10/h1-3H,4H2,(H,13,16)(H,14,15). The highest BCUT2D eigenvalue weighted by atomic mass is 35.5. The van der Waals surface area contributed by atoms with E-state index in [2.05, 4.69) is 5.32 Å². The molecule has 0 aromatic heterocycles. The van der Waals surface area contributed by atoms with Crippen molar-refractivity contribution in [1.29, 1.82) is 0 Å². The van der Waals surface area contributed by atoms with Crippen LogP contribution in [0.25, 0.3) is 0 Å². The number of ether oxygens (including phenoxy) is 1. The maximum Gasteiger partial charge on any atom is 0.408 e. The fourth-order valence-electron chi connectivity index (χ4n) is 1.63. The molecular formula is C10H7Cl2NO4. The molecule has 90 valence electrons. The Balaban J connectivity index is 2.58. The summed E-state index contributed by atoms with van der Waals surface area (Å²) in [7, 11) is 0. The van der Waals surface area contributed by atoms with Gasteiger partial charge in [-0.15, -0.1) is 0 Å². The molecule has 1 saturated heterocycles. The first kappa shape index (κ1) is 12.0. The molecular weight excluding hydrogens is 269 g/mol. The summed E-state index contributed by atoms with van der Waals surface area (Å²) in [6.07, 6.45) is -0.802. The van der Waals surface area contributed by atoms with Crippen molar-refractivity contribution < 1.29 is 19.4 Å². The lowest BCUT2D eigenvalue weighted by molar-refractivity contribution is -0.155. The number of carbonyl (C=O) groups excluding carboxylic acids is 1. The third-order valence-electron chi connectivity index (χ3n) is 2.48. The third kappa shape index (κ3) is 1.81. The first-order chi connectivity index (χ1) is 7.97. The zero-order chi connectivity index (χ0) is 12.6. The van der Waals surface area contributed by atoms with Crippen LogP contribution in [0.4, 0.5) is 4.79 Å². The summed E-state index contributed by atoms with van der Waals surface area (Å²) in [6, 6.07) is 4.52. The van der Waals surface area contributed by atoms with E-state index in [0.717, 1.165) is 0 Å². The molecule has 5 nitrogen and oxygen atoms in total. The van der Waals surface area contributed by atoms with E-state index in [4.69, 9.17) is 27.9 Å². The van der Waals surface area contributed by atoms with Gasteiger partial charge in [-0.3, -0.25) is 0 Å². The largest absolute Gasteiger partial charge is 0.478 e. The second-order valence-corrected chi connectivity index (χ2v) is 4.26. The summed E-state index contributed by atoms with van der Waals surface area (Å²) in [4.78, 5) is 22.4. The van der Waals surface area contributed by atoms with E-state index in [9.17, 15) is 14.7 Å². The van der Waals surface area contributed by atoms with Gasteiger partial charge in [-0.2, -0.15) is 0 Å². The summed E-state index contributed by atoms with van der Waals surface area (Å²) in [6.45, 7) is -0.193. The lowest BCUT2D eigenvalue weighted by Crippen LogP contribution is -2.39. The van der Waals surface area contributed by atoms with Crippen molar-refractivity contribution in [2.75, 3.05) is 6.54 Å². The van der Waals surface area contributed by atoms with Crippen molar-refractivity contribution >= 4 is 35.3 Å². The number of carbonyl (C=O) groups is 2. The molecule has 7 heteroatoms. The van der Waals surface area contributed by atoms with Crippen LogP contribution in [0.5, 0.6) is 0 Å². The summed E-state index contributed by atoms with van der Waals surface area (Å²) in [5, 5.41) is 11.8. The molecule has 2 N–H and O–H groups in total. The number of hydrogen-bond donors (Lipinski definition) is 2. The summed E-state index contributed by atoms with van der Waals surface area (Å²) in [5.74, 6) is -1.31. The molecule has 0 saturated carbocycles. The minimum atomic E-state index is -1.82. The summed E-state index contributed by atoms with van der Waals surface area (Å²) in [5.41, 5.74) is -1.67. The predicted molar refractivity (Wildman–Crippen MR) is 60.3 cm³/mol. The Morgan fingerprint density at radius 1 is 1.47 bits per heavy atom. The van der Waals surface area contributed by atoms with Crippen LogP contribution < -0.4 is 5.32 Å². The lowest BCUT2D eigenvalue weighted by atomic mass is 9.94. The van der Waals surface area contributed by atoms with Gasteiger partial charge in [0.05, 0.1) is 16.6 Å². The maximum atomic E-state index is 11.3. The molecule has 1 atom stereocenters. The molecule has 2 rings (SSSR count). The van der Waals surface area contributed by atoms with Gasteiger partial charge in [-0.05, 0) is 6.07 Å². The van der Waals surface area contributed by atoms with Crippen LogP contribution in [0, 0.1) is 0 Å². The Hall–Kier alpha value is -1.46. The van der Waals surface area contributed by atoms with E-state index in [1.165, 1.54) is 12.1 Å². The number of halogens is 2. The number of hydrogen-bond acceptors (Lipinski definition) is 3. The SMILES string of the molecule is O=C1NCC(C(=O)O)(c2cccc(Cl)c2Cl)O1. The highest BCUT2D eigenvalue weighted by Crippen LogP contribution is 2.37. The van der Waals surface area contributed by atoms with Gasteiger partial charge in [0.1, 0.15) is 0 Å². The first-order valence-corrected chi connectivity index (χ1v) is 5.38. The van der Waals surface area contributed by atoms with Crippen LogP contribution in [0.1, 0.15) is 5.56 Å². The molecule has 1 aliphatic rings.